The average molecular weight is 209 g/mol. The van der Waals surface area contributed by atoms with Gasteiger partial charge >= 0.3 is 0 Å². The van der Waals surface area contributed by atoms with E-state index >= 15 is 0 Å². The van der Waals surface area contributed by atoms with Gasteiger partial charge in [-0.05, 0) is 31.0 Å². The van der Waals surface area contributed by atoms with Crippen molar-refractivity contribution in [1.82, 2.24) is 5.32 Å². The van der Waals surface area contributed by atoms with E-state index in [2.05, 4.69) is 51.0 Å². The Morgan fingerprint density at radius 3 is 2.40 bits per heavy atom. The zero-order valence-electron chi connectivity index (χ0n) is 11.0. The molecular formula is C14H27N. The van der Waals surface area contributed by atoms with Gasteiger partial charge in [0.25, 0.3) is 0 Å². The van der Waals surface area contributed by atoms with Crippen molar-refractivity contribution in [2.75, 3.05) is 6.54 Å². The molecule has 1 N–H and O–H groups in total. The van der Waals surface area contributed by atoms with Crippen molar-refractivity contribution >= 4 is 0 Å². The molecule has 0 heterocycles. The molecule has 0 spiro atoms. The van der Waals surface area contributed by atoms with Gasteiger partial charge in [0.2, 0.25) is 0 Å². The number of nitrogens with one attached hydrogen (secondary N) is 1. The molecule has 1 nitrogen and oxygen atoms in total. The Hall–Kier alpha value is -0.980. The lowest BCUT2D eigenvalue weighted by Crippen LogP contribution is -2.07. The Balaban J connectivity index is 0. The van der Waals surface area contributed by atoms with Gasteiger partial charge in [-0.2, -0.15) is 0 Å². The van der Waals surface area contributed by atoms with Crippen LogP contribution in [-0.2, 0) is 0 Å². The minimum atomic E-state index is 0.535. The van der Waals surface area contributed by atoms with E-state index in [-0.39, 0.29) is 0 Å². The van der Waals surface area contributed by atoms with Crippen molar-refractivity contribution in [3.63, 3.8) is 0 Å². The van der Waals surface area contributed by atoms with Gasteiger partial charge in [-0.25, -0.2) is 0 Å². The van der Waals surface area contributed by atoms with E-state index in [0.717, 1.165) is 13.0 Å². The largest absolute Gasteiger partial charge is 0.387 e. The van der Waals surface area contributed by atoms with Gasteiger partial charge in [-0.3, -0.25) is 0 Å². The van der Waals surface area contributed by atoms with Crippen LogP contribution >= 0.6 is 0 Å². The van der Waals surface area contributed by atoms with Crippen LogP contribution in [0, 0.1) is 5.92 Å². The fourth-order valence-corrected chi connectivity index (χ4v) is 1.24. The number of allylic oxidation sites excluding steroid dienone is 3. The van der Waals surface area contributed by atoms with E-state index in [4.69, 9.17) is 0 Å². The molecule has 0 aromatic heterocycles. The molecular weight excluding hydrogens is 182 g/mol. The van der Waals surface area contributed by atoms with Gasteiger partial charge < -0.3 is 5.32 Å². The molecule has 0 amide bonds. The molecule has 1 atom stereocenters. The predicted octanol–water partition coefficient (Wildman–Crippen LogP) is 4.29. The van der Waals surface area contributed by atoms with Gasteiger partial charge in [-0.15, -0.1) is 6.58 Å². The van der Waals surface area contributed by atoms with Crippen LogP contribution in [0.4, 0.5) is 0 Å². The lowest BCUT2D eigenvalue weighted by atomic mass is 9.99. The van der Waals surface area contributed by atoms with Crippen molar-refractivity contribution in [2.45, 2.75) is 41.0 Å². The molecule has 0 aliphatic rings. The monoisotopic (exact) mass is 209 g/mol. The van der Waals surface area contributed by atoms with Crippen LogP contribution in [-0.4, -0.2) is 6.54 Å². The zero-order valence-corrected chi connectivity index (χ0v) is 11.0. The Kier molecular flexibility index (Phi) is 14.3. The molecule has 0 saturated heterocycles. The second-order valence-corrected chi connectivity index (χ2v) is 3.08. The summed E-state index contributed by atoms with van der Waals surface area (Å²) >= 11 is 0. The maximum Gasteiger partial charge on any atom is 0.0322 e. The lowest BCUT2D eigenvalue weighted by molar-refractivity contribution is 0.784. The SMILES string of the molecule is C=CCN/C=C(/CC)C(C)/C=C\C.CC. The van der Waals surface area contributed by atoms with Crippen LogP contribution in [0.5, 0.6) is 0 Å². The smallest absolute Gasteiger partial charge is 0.0322 e. The van der Waals surface area contributed by atoms with Crippen molar-refractivity contribution in [2.24, 2.45) is 5.92 Å². The van der Waals surface area contributed by atoms with Crippen LogP contribution in [0.25, 0.3) is 0 Å². The Bertz CT molecular complexity index is 190. The second kappa shape index (κ2) is 13.0. The lowest BCUT2D eigenvalue weighted by Gasteiger charge is -2.10. The topological polar surface area (TPSA) is 12.0 Å². The van der Waals surface area contributed by atoms with Gasteiger partial charge in [0.05, 0.1) is 0 Å². The van der Waals surface area contributed by atoms with Crippen molar-refractivity contribution < 1.29 is 0 Å². The fraction of sp³-hybridized carbons (Fsp3) is 0.571. The maximum atomic E-state index is 3.66. The molecule has 0 aliphatic carbocycles. The Labute approximate surface area is 96.0 Å². The molecule has 0 aliphatic heterocycles. The fourth-order valence-electron chi connectivity index (χ4n) is 1.24. The van der Waals surface area contributed by atoms with E-state index in [1.807, 2.05) is 19.9 Å². The highest BCUT2D eigenvalue weighted by molar-refractivity contribution is 5.11. The van der Waals surface area contributed by atoms with Crippen LogP contribution in [0.1, 0.15) is 41.0 Å². The zero-order chi connectivity index (χ0) is 12.1. The van der Waals surface area contributed by atoms with E-state index in [0.29, 0.717) is 5.92 Å². The number of rotatable bonds is 6. The molecule has 0 saturated carbocycles. The predicted molar refractivity (Wildman–Crippen MR) is 71.9 cm³/mol. The minimum absolute atomic E-state index is 0.535. The summed E-state index contributed by atoms with van der Waals surface area (Å²) in [5.41, 5.74) is 1.43. The van der Waals surface area contributed by atoms with Crippen LogP contribution in [0.3, 0.4) is 0 Å². The van der Waals surface area contributed by atoms with E-state index in [9.17, 15) is 0 Å². The van der Waals surface area contributed by atoms with Gasteiger partial charge in [0, 0.05) is 6.54 Å². The average Bonchev–Trinajstić information content (AvgIpc) is 2.27. The summed E-state index contributed by atoms with van der Waals surface area (Å²) in [7, 11) is 0. The van der Waals surface area contributed by atoms with Crippen LogP contribution < -0.4 is 5.32 Å². The quantitative estimate of drug-likeness (QED) is 0.508. The molecule has 0 radical (unpaired) electrons. The summed E-state index contributed by atoms with van der Waals surface area (Å²) < 4.78 is 0. The van der Waals surface area contributed by atoms with Gasteiger partial charge in [-0.1, -0.05) is 45.9 Å². The van der Waals surface area contributed by atoms with E-state index in [1.165, 1.54) is 5.57 Å². The van der Waals surface area contributed by atoms with Crippen molar-refractivity contribution in [1.29, 1.82) is 0 Å². The normalized spacial score (nSPS) is 13.0. The van der Waals surface area contributed by atoms with Gasteiger partial charge in [0.15, 0.2) is 0 Å². The molecule has 0 bridgehead atoms. The summed E-state index contributed by atoms with van der Waals surface area (Å²) in [6.07, 6.45) is 9.37. The minimum Gasteiger partial charge on any atom is -0.387 e. The first-order chi connectivity index (χ1) is 7.26. The van der Waals surface area contributed by atoms with E-state index in [1.54, 1.807) is 0 Å². The Morgan fingerprint density at radius 1 is 1.40 bits per heavy atom. The Morgan fingerprint density at radius 2 is 2.00 bits per heavy atom. The molecule has 88 valence electrons. The standard InChI is InChI=1S/C12H21N.C2H6/c1-5-8-11(4)12(7-3)10-13-9-6-2;1-2/h5-6,8,10-11,13H,2,7,9H2,1,3-4H3;1-2H3/b8-5-,12-10-;. The van der Waals surface area contributed by atoms with Crippen LogP contribution in [0.2, 0.25) is 0 Å². The summed E-state index contributed by atoms with van der Waals surface area (Å²) in [6.45, 7) is 14.9. The van der Waals surface area contributed by atoms with Crippen LogP contribution in [0.15, 0.2) is 36.6 Å². The molecule has 0 fully saturated rings. The number of hydrogen-bond donors (Lipinski definition) is 1. The maximum absolute atomic E-state index is 3.66. The third kappa shape index (κ3) is 9.33. The molecule has 15 heavy (non-hydrogen) atoms. The summed E-state index contributed by atoms with van der Waals surface area (Å²) in [4.78, 5) is 0. The second-order valence-electron chi connectivity index (χ2n) is 3.08. The first-order valence-electron chi connectivity index (χ1n) is 5.92. The van der Waals surface area contributed by atoms with Gasteiger partial charge in [0.1, 0.15) is 0 Å². The molecule has 1 heteroatoms. The van der Waals surface area contributed by atoms with E-state index < -0.39 is 0 Å². The van der Waals surface area contributed by atoms with Crippen molar-refractivity contribution in [3.05, 3.63) is 36.6 Å². The third-order valence-electron chi connectivity index (χ3n) is 2.02. The highest BCUT2D eigenvalue weighted by atomic mass is 14.8. The third-order valence-corrected chi connectivity index (χ3v) is 2.02. The van der Waals surface area contributed by atoms with Crippen molar-refractivity contribution in [3.8, 4) is 0 Å². The summed E-state index contributed by atoms with van der Waals surface area (Å²) in [5, 5.41) is 3.21. The highest BCUT2D eigenvalue weighted by Gasteiger charge is 2.01. The molecule has 0 aromatic rings. The first kappa shape index (κ1) is 16.4. The molecule has 0 rings (SSSR count). The molecule has 0 aromatic carbocycles. The molecule has 1 unspecified atom stereocenters. The highest BCUT2D eigenvalue weighted by Crippen LogP contribution is 2.14. The number of hydrogen-bond acceptors (Lipinski definition) is 1. The summed E-state index contributed by atoms with van der Waals surface area (Å²) in [6, 6.07) is 0. The summed E-state index contributed by atoms with van der Waals surface area (Å²) in [5.74, 6) is 0.535. The first-order valence-corrected chi connectivity index (χ1v) is 5.92.